The third-order valence-electron chi connectivity index (χ3n) is 1.73. The van der Waals surface area contributed by atoms with Gasteiger partial charge in [-0.15, -0.1) is 17.0 Å². The zero-order chi connectivity index (χ0) is 8.32. The molecule has 0 aliphatic heterocycles. The minimum absolute atomic E-state index is 0. The third kappa shape index (κ3) is 5.29. The van der Waals surface area contributed by atoms with Crippen molar-refractivity contribution < 1.29 is 13.8 Å². The van der Waals surface area contributed by atoms with Crippen LogP contribution in [0.15, 0.2) is 30.3 Å². The Morgan fingerprint density at radius 3 is 2.08 bits per heavy atom. The molecule has 0 nitrogen and oxygen atoms in total. The van der Waals surface area contributed by atoms with E-state index in [1.54, 1.807) is 0 Å². The maximum absolute atomic E-state index is 6.29. The van der Waals surface area contributed by atoms with Crippen LogP contribution in [0.3, 0.4) is 0 Å². The van der Waals surface area contributed by atoms with Gasteiger partial charge in [-0.3, -0.25) is 0 Å². The van der Waals surface area contributed by atoms with Crippen LogP contribution in [0.25, 0.3) is 0 Å². The molecule has 0 saturated carbocycles. The van der Waals surface area contributed by atoms with Crippen LogP contribution in [0.4, 0.5) is 0 Å². The van der Waals surface area contributed by atoms with Crippen LogP contribution in [0, 0.1) is 0 Å². The Morgan fingerprint density at radius 2 is 1.67 bits per heavy atom. The van der Waals surface area contributed by atoms with Crippen LogP contribution >= 0.6 is 26.7 Å². The van der Waals surface area contributed by atoms with Gasteiger partial charge in [-0.1, -0.05) is 0 Å². The van der Waals surface area contributed by atoms with Crippen molar-refractivity contribution in [2.45, 2.75) is 16.1 Å². The van der Waals surface area contributed by atoms with Crippen molar-refractivity contribution in [2.75, 3.05) is 0 Å². The van der Waals surface area contributed by atoms with Gasteiger partial charge in [-0.25, -0.2) is 0 Å². The molecule has 0 aliphatic rings. The molecule has 0 aliphatic carbocycles. The summed E-state index contributed by atoms with van der Waals surface area (Å²) in [5.41, 5.74) is 5.89. The Labute approximate surface area is 92.0 Å². The predicted octanol–water partition coefficient (Wildman–Crippen LogP) is 4.17. The van der Waals surface area contributed by atoms with Crippen molar-refractivity contribution in [1.82, 2.24) is 0 Å². The van der Waals surface area contributed by atoms with Crippen molar-refractivity contribution in [3.05, 3.63) is 35.9 Å². The van der Waals surface area contributed by atoms with Gasteiger partial charge in [0.2, 0.25) is 0 Å². The normalized spacial score (nSPS) is 9.25. The summed E-state index contributed by atoms with van der Waals surface area (Å²) < 4.78 is 0. The summed E-state index contributed by atoms with van der Waals surface area (Å²) in [7, 11) is 6.29. The topological polar surface area (TPSA) is 0 Å². The molecule has 12 heavy (non-hydrogen) atoms. The van der Waals surface area contributed by atoms with E-state index in [2.05, 4.69) is 35.3 Å². The molecule has 3 heteroatoms. The Bertz CT molecular complexity index is 218. The Morgan fingerprint density at radius 1 is 1.17 bits per heavy atom. The van der Waals surface area contributed by atoms with E-state index in [1.165, 1.54) is 5.56 Å². The molecule has 0 amide bonds. The molecule has 1 aromatic carbocycles. The van der Waals surface area contributed by atoms with E-state index in [-0.39, 0.29) is 17.0 Å². The molecule has 0 atom stereocenters. The molecule has 66 valence electrons. The average molecular weight is 303 g/mol. The molecule has 0 spiro atoms. The molecule has 0 heterocycles. The van der Waals surface area contributed by atoms with Crippen molar-refractivity contribution in [2.24, 2.45) is 0 Å². The molecule has 0 saturated heterocycles. The fourth-order valence-corrected chi connectivity index (χ4v) is 6.04. The average Bonchev–Trinajstić information content (AvgIpc) is 1.85. The predicted molar refractivity (Wildman–Crippen MR) is 58.0 cm³/mol. The summed E-state index contributed by atoms with van der Waals surface area (Å²) in [4.78, 5) is 0. The maximum atomic E-state index is 6.29. The van der Waals surface area contributed by atoms with Gasteiger partial charge in [0.25, 0.3) is 0 Å². The number of hydrogen-bond donors (Lipinski definition) is 0. The van der Waals surface area contributed by atoms with Crippen LogP contribution in [0.1, 0.15) is 5.56 Å². The van der Waals surface area contributed by atoms with Crippen molar-refractivity contribution in [3.63, 3.8) is 0 Å². The van der Waals surface area contributed by atoms with E-state index < -0.39 is 13.8 Å². The standard InChI is InChI=1S/C7H7.2CH3.BrH.ClH.Zn/c1-7-5-3-2-4-6-7;;;;;/h2-6H,1H2;2*1H3;2*1H;/q;;;;;+1/p-1. The first kappa shape index (κ1) is 12.6. The van der Waals surface area contributed by atoms with Crippen LogP contribution in [-0.4, -0.2) is 0 Å². The Balaban J connectivity index is 0.00000121. The summed E-state index contributed by atoms with van der Waals surface area (Å²) in [5, 5.41) is 1.14. The van der Waals surface area contributed by atoms with Gasteiger partial charge in [-0.2, -0.15) is 0 Å². The van der Waals surface area contributed by atoms with E-state index in [4.69, 9.17) is 9.69 Å². The third-order valence-corrected chi connectivity index (χ3v) is 6.41. The van der Waals surface area contributed by atoms with E-state index in [1.807, 2.05) is 6.07 Å². The fourth-order valence-electron chi connectivity index (χ4n) is 1.33. The first-order valence-electron chi connectivity index (χ1n) is 4.45. The van der Waals surface area contributed by atoms with Gasteiger partial charge in [0.05, 0.1) is 0 Å². The number of rotatable bonds is 2. The van der Waals surface area contributed by atoms with Crippen LogP contribution in [0.2, 0.25) is 11.0 Å². The Hall–Kier alpha value is 0.613. The zero-order valence-electron chi connectivity index (χ0n) is 7.59. The van der Waals surface area contributed by atoms with E-state index in [9.17, 15) is 0 Å². The molecular weight excluding hydrogens is 289 g/mol. The summed E-state index contributed by atoms with van der Waals surface area (Å²) in [6.07, 6.45) is 0. The molecule has 1 rings (SSSR count). The molecular formula is C9H14BrClZn. The second-order valence-electron chi connectivity index (χ2n) is 4.17. The zero-order valence-corrected chi connectivity index (χ0v) is 13.0. The monoisotopic (exact) mass is 300 g/mol. The summed E-state index contributed by atoms with van der Waals surface area (Å²) in [6, 6.07) is 10.5. The van der Waals surface area contributed by atoms with Gasteiger partial charge in [-0.05, 0) is 0 Å². The molecule has 0 unspecified atom stereocenters. The van der Waals surface area contributed by atoms with E-state index >= 15 is 0 Å². The van der Waals surface area contributed by atoms with E-state index in [0.29, 0.717) is 0 Å². The van der Waals surface area contributed by atoms with Gasteiger partial charge >= 0.3 is 75.4 Å². The molecule has 0 aromatic heterocycles. The van der Waals surface area contributed by atoms with Gasteiger partial charge in [0, 0.05) is 0 Å². The molecule has 1 aromatic rings. The summed E-state index contributed by atoms with van der Waals surface area (Å²) >= 11 is -2.17. The SMILES string of the molecule is Br.[CH3][Zn]([CH3])([Cl])[CH2]c1ccccc1. The minimum atomic E-state index is -2.17. The van der Waals surface area contributed by atoms with E-state index in [0.717, 1.165) is 5.02 Å². The van der Waals surface area contributed by atoms with Crippen molar-refractivity contribution in [3.8, 4) is 0 Å². The number of halogens is 2. The molecule has 0 radical (unpaired) electrons. The molecule has 0 bridgehead atoms. The summed E-state index contributed by atoms with van der Waals surface area (Å²) in [6.45, 7) is 0. The first-order chi connectivity index (χ1) is 5.08. The molecule has 0 N–H and O–H groups in total. The number of benzene rings is 1. The van der Waals surface area contributed by atoms with Crippen LogP contribution < -0.4 is 0 Å². The van der Waals surface area contributed by atoms with Crippen LogP contribution in [0.5, 0.6) is 0 Å². The fraction of sp³-hybridized carbons (Fsp3) is 0.333. The second-order valence-corrected chi connectivity index (χ2v) is 22.9. The molecule has 0 fully saturated rings. The van der Waals surface area contributed by atoms with Gasteiger partial charge in [0.1, 0.15) is 0 Å². The quantitative estimate of drug-likeness (QED) is 0.719. The van der Waals surface area contributed by atoms with Crippen LogP contribution in [-0.2, 0) is 18.8 Å². The van der Waals surface area contributed by atoms with Crippen molar-refractivity contribution in [1.29, 1.82) is 0 Å². The second kappa shape index (κ2) is 5.37. The first-order valence-corrected chi connectivity index (χ1v) is 16.4. The van der Waals surface area contributed by atoms with Gasteiger partial charge < -0.3 is 0 Å². The van der Waals surface area contributed by atoms with Crippen molar-refractivity contribution >= 4 is 26.7 Å². The number of hydrogen-bond acceptors (Lipinski definition) is 0. The van der Waals surface area contributed by atoms with Gasteiger partial charge in [0.15, 0.2) is 0 Å². The Kier molecular flexibility index (Phi) is 5.64. The summed E-state index contributed by atoms with van der Waals surface area (Å²) in [5.74, 6) is 0.